The number of azo groups is 1. The highest BCUT2D eigenvalue weighted by molar-refractivity contribution is 7.86. The van der Waals surface area contributed by atoms with Gasteiger partial charge in [-0.1, -0.05) is 32.0 Å². The minimum Gasteiger partial charge on any atom is -0.325 e. The van der Waals surface area contributed by atoms with Gasteiger partial charge in [-0.15, -0.1) is 0 Å². The van der Waals surface area contributed by atoms with Crippen molar-refractivity contribution in [2.24, 2.45) is 10.2 Å². The third kappa shape index (κ3) is 6.42. The van der Waals surface area contributed by atoms with Crippen molar-refractivity contribution >= 4 is 33.2 Å². The zero-order valence-electron chi connectivity index (χ0n) is 18.5. The van der Waals surface area contributed by atoms with Gasteiger partial charge in [-0.25, -0.2) is 0 Å². The Kier molecular flexibility index (Phi) is 8.46. The lowest BCUT2D eigenvalue weighted by Gasteiger charge is -2.35. The molecule has 0 spiro atoms. The average Bonchev–Trinajstić information content (AvgIpc) is 2.80. The van der Waals surface area contributed by atoms with Crippen LogP contribution in [0.5, 0.6) is 0 Å². The van der Waals surface area contributed by atoms with Gasteiger partial charge >= 0.3 is 0 Å². The highest BCUT2D eigenvalue weighted by atomic mass is 32.2. The van der Waals surface area contributed by atoms with E-state index in [0.717, 1.165) is 5.69 Å². The van der Waals surface area contributed by atoms with Crippen molar-refractivity contribution in [1.82, 2.24) is 13.5 Å². The summed E-state index contributed by atoms with van der Waals surface area (Å²) in [6.45, 7) is 6.59. The van der Waals surface area contributed by atoms with Gasteiger partial charge in [0.1, 0.15) is 0 Å². The number of hydrogen-bond donors (Lipinski definition) is 1. The number of piperazine rings is 1. The smallest absolute Gasteiger partial charge is 0.282 e. The Morgan fingerprint density at radius 1 is 0.906 bits per heavy atom. The molecule has 2 aromatic rings. The number of nitrogens with zero attached hydrogens (tertiary/aromatic N) is 5. The molecule has 32 heavy (non-hydrogen) atoms. The third-order valence-corrected chi connectivity index (χ3v) is 7.43. The average molecular weight is 459 g/mol. The first-order valence-corrected chi connectivity index (χ1v) is 12.2. The van der Waals surface area contributed by atoms with Crippen LogP contribution in [0.3, 0.4) is 0 Å². The monoisotopic (exact) mass is 458 g/mol. The predicted octanol–water partition coefficient (Wildman–Crippen LogP) is 3.24. The van der Waals surface area contributed by atoms with Crippen LogP contribution in [0.25, 0.3) is 0 Å². The molecule has 172 valence electrons. The molecule has 0 bridgehead atoms. The predicted molar refractivity (Wildman–Crippen MR) is 126 cm³/mol. The first kappa shape index (κ1) is 24.0. The fraction of sp³-hybridized carbons (Fsp3) is 0.409. The number of rotatable bonds is 9. The standard InChI is InChI=1S/C22H30N6O3S/c1-3-27(4-2)32(30,31)28-16-14-26(15-17-28)18-22(29)23-19-10-12-21(13-11-19)25-24-20-8-6-5-7-9-20/h5-13H,3-4,14-18H2,1-2H3,(H,23,29). The lowest BCUT2D eigenvalue weighted by atomic mass is 10.3. The molecule has 1 aliphatic rings. The molecule has 1 saturated heterocycles. The Morgan fingerprint density at radius 3 is 2.03 bits per heavy atom. The molecule has 9 nitrogen and oxygen atoms in total. The molecule has 1 N–H and O–H groups in total. The molecule has 2 aromatic carbocycles. The number of benzene rings is 2. The molecule has 0 atom stereocenters. The highest BCUT2D eigenvalue weighted by Gasteiger charge is 2.31. The van der Waals surface area contributed by atoms with E-state index in [1.807, 2.05) is 49.1 Å². The number of carbonyl (C=O) groups is 1. The van der Waals surface area contributed by atoms with E-state index in [-0.39, 0.29) is 12.5 Å². The summed E-state index contributed by atoms with van der Waals surface area (Å²) in [6.07, 6.45) is 0. The SMILES string of the molecule is CCN(CC)S(=O)(=O)N1CCN(CC(=O)Nc2ccc(N=Nc3ccccc3)cc2)CC1. The van der Waals surface area contributed by atoms with E-state index < -0.39 is 10.2 Å². The number of hydrogen-bond acceptors (Lipinski definition) is 6. The summed E-state index contributed by atoms with van der Waals surface area (Å²) in [7, 11) is -3.43. The Labute approximate surface area is 189 Å². The van der Waals surface area contributed by atoms with Crippen LogP contribution in [0.1, 0.15) is 13.8 Å². The summed E-state index contributed by atoms with van der Waals surface area (Å²) in [4.78, 5) is 14.4. The van der Waals surface area contributed by atoms with Gasteiger partial charge in [-0.3, -0.25) is 9.69 Å². The van der Waals surface area contributed by atoms with Crippen molar-refractivity contribution in [2.45, 2.75) is 13.8 Å². The van der Waals surface area contributed by atoms with Gasteiger partial charge in [0, 0.05) is 45.0 Å². The molecule has 0 saturated carbocycles. The molecular formula is C22H30N6O3S. The second-order valence-electron chi connectivity index (χ2n) is 7.40. The van der Waals surface area contributed by atoms with E-state index in [1.165, 1.54) is 8.61 Å². The van der Waals surface area contributed by atoms with Crippen LogP contribution in [0, 0.1) is 0 Å². The Morgan fingerprint density at radius 2 is 1.47 bits per heavy atom. The van der Waals surface area contributed by atoms with E-state index in [1.54, 1.807) is 24.3 Å². The minimum absolute atomic E-state index is 0.135. The highest BCUT2D eigenvalue weighted by Crippen LogP contribution is 2.20. The van der Waals surface area contributed by atoms with E-state index in [2.05, 4.69) is 15.5 Å². The Hall–Kier alpha value is -2.66. The number of nitrogens with one attached hydrogen (secondary N) is 1. The quantitative estimate of drug-likeness (QED) is 0.583. The fourth-order valence-electron chi connectivity index (χ4n) is 3.46. The Bertz CT molecular complexity index is 1000. The molecular weight excluding hydrogens is 428 g/mol. The normalized spacial score (nSPS) is 16.0. The van der Waals surface area contributed by atoms with Gasteiger partial charge in [0.05, 0.1) is 17.9 Å². The third-order valence-electron chi connectivity index (χ3n) is 5.24. The Balaban J connectivity index is 1.47. The molecule has 0 radical (unpaired) electrons. The molecule has 10 heteroatoms. The van der Waals surface area contributed by atoms with E-state index >= 15 is 0 Å². The van der Waals surface area contributed by atoms with Crippen LogP contribution in [-0.4, -0.2) is 73.6 Å². The molecule has 1 aliphatic heterocycles. The summed E-state index contributed by atoms with van der Waals surface area (Å²) in [5.74, 6) is -0.135. The molecule has 1 heterocycles. The summed E-state index contributed by atoms with van der Waals surface area (Å²) in [6, 6.07) is 16.6. The van der Waals surface area contributed by atoms with Crippen molar-refractivity contribution in [3.8, 4) is 0 Å². The van der Waals surface area contributed by atoms with Gasteiger partial charge in [-0.05, 0) is 36.4 Å². The van der Waals surface area contributed by atoms with E-state index in [4.69, 9.17) is 0 Å². The van der Waals surface area contributed by atoms with Gasteiger partial charge in [-0.2, -0.15) is 27.3 Å². The molecule has 0 unspecified atom stereocenters. The summed E-state index contributed by atoms with van der Waals surface area (Å²) < 4.78 is 28.2. The molecule has 0 aliphatic carbocycles. The van der Waals surface area contributed by atoms with Crippen molar-refractivity contribution in [3.63, 3.8) is 0 Å². The molecule has 0 aromatic heterocycles. The lowest BCUT2D eigenvalue weighted by molar-refractivity contribution is -0.117. The number of amides is 1. The van der Waals surface area contributed by atoms with Crippen LogP contribution in [-0.2, 0) is 15.0 Å². The van der Waals surface area contributed by atoms with Gasteiger partial charge in [0.2, 0.25) is 5.91 Å². The van der Waals surface area contributed by atoms with Crippen LogP contribution >= 0.6 is 0 Å². The summed E-state index contributed by atoms with van der Waals surface area (Å²) in [5, 5.41) is 11.2. The van der Waals surface area contributed by atoms with Gasteiger partial charge < -0.3 is 5.32 Å². The van der Waals surface area contributed by atoms with E-state index in [9.17, 15) is 13.2 Å². The first-order valence-electron chi connectivity index (χ1n) is 10.8. The molecule has 1 amide bonds. The first-order chi connectivity index (χ1) is 15.4. The second kappa shape index (κ2) is 11.3. The van der Waals surface area contributed by atoms with Crippen molar-refractivity contribution in [3.05, 3.63) is 54.6 Å². The maximum absolute atomic E-state index is 12.6. The largest absolute Gasteiger partial charge is 0.325 e. The lowest BCUT2D eigenvalue weighted by Crippen LogP contribution is -2.54. The number of anilines is 1. The van der Waals surface area contributed by atoms with Crippen molar-refractivity contribution in [2.75, 3.05) is 51.1 Å². The van der Waals surface area contributed by atoms with Crippen molar-refractivity contribution < 1.29 is 13.2 Å². The van der Waals surface area contributed by atoms with Crippen molar-refractivity contribution in [1.29, 1.82) is 0 Å². The minimum atomic E-state index is -3.43. The fourth-order valence-corrected chi connectivity index (χ4v) is 5.06. The number of carbonyl (C=O) groups excluding carboxylic acids is 1. The maximum atomic E-state index is 12.6. The topological polar surface area (TPSA) is 97.7 Å². The van der Waals surface area contributed by atoms with Crippen LogP contribution < -0.4 is 5.32 Å². The zero-order chi connectivity index (χ0) is 23.0. The van der Waals surface area contributed by atoms with Crippen LogP contribution in [0.2, 0.25) is 0 Å². The van der Waals surface area contributed by atoms with Gasteiger partial charge in [0.25, 0.3) is 10.2 Å². The zero-order valence-corrected chi connectivity index (χ0v) is 19.3. The van der Waals surface area contributed by atoms with Crippen LogP contribution in [0.15, 0.2) is 64.8 Å². The maximum Gasteiger partial charge on any atom is 0.282 e. The second-order valence-corrected chi connectivity index (χ2v) is 9.33. The molecule has 3 rings (SSSR count). The molecule has 1 fully saturated rings. The van der Waals surface area contributed by atoms with E-state index in [0.29, 0.717) is 50.6 Å². The van der Waals surface area contributed by atoms with Gasteiger partial charge in [0.15, 0.2) is 0 Å². The summed E-state index contributed by atoms with van der Waals surface area (Å²) in [5.41, 5.74) is 2.14. The summed E-state index contributed by atoms with van der Waals surface area (Å²) >= 11 is 0. The van der Waals surface area contributed by atoms with Crippen LogP contribution in [0.4, 0.5) is 17.1 Å².